The van der Waals surface area contributed by atoms with Gasteiger partial charge in [0.25, 0.3) is 0 Å². The average molecular weight is 436 g/mol. The lowest BCUT2D eigenvalue weighted by Gasteiger charge is -2.30. The second-order valence-corrected chi connectivity index (χ2v) is 8.11. The number of fused-ring (bicyclic) bond motifs is 1. The number of hydrogen-bond donors (Lipinski definition) is 3. The van der Waals surface area contributed by atoms with Crippen LogP contribution < -0.4 is 15.8 Å². The van der Waals surface area contributed by atoms with Crippen LogP contribution in [0.5, 0.6) is 11.5 Å². The molecule has 4 N–H and O–H groups in total. The molecule has 3 heterocycles. The highest BCUT2D eigenvalue weighted by atomic mass is 19.1. The topological polar surface area (TPSA) is 120 Å². The third kappa shape index (κ3) is 4.72. The molecule has 1 aromatic carbocycles. The van der Waals surface area contributed by atoms with E-state index >= 15 is 0 Å². The van der Waals surface area contributed by atoms with Gasteiger partial charge in [0, 0.05) is 18.4 Å². The lowest BCUT2D eigenvalue weighted by atomic mass is 10.0. The van der Waals surface area contributed by atoms with Crippen molar-refractivity contribution >= 4 is 16.9 Å². The van der Waals surface area contributed by atoms with E-state index < -0.39 is 11.9 Å². The van der Waals surface area contributed by atoms with E-state index in [-0.39, 0.29) is 24.1 Å². The van der Waals surface area contributed by atoms with Crippen molar-refractivity contribution in [1.29, 1.82) is 5.26 Å². The maximum absolute atomic E-state index is 14.7. The number of halogens is 1. The summed E-state index contributed by atoms with van der Waals surface area (Å²) in [5.41, 5.74) is 7.51. The molecule has 1 aliphatic rings. The Labute approximate surface area is 185 Å². The summed E-state index contributed by atoms with van der Waals surface area (Å²) >= 11 is 0. The summed E-state index contributed by atoms with van der Waals surface area (Å²) < 4.78 is 20.5. The van der Waals surface area contributed by atoms with Gasteiger partial charge < -0.3 is 25.7 Å². The standard InChI is InChI=1S/C23H25FN6O2/c1-30-8-5-16(6-9-30)29-23(31)18(26)11-14-2-3-19(17(24)10-14)32-20-4-7-27-22-21(20)15(12-25)13-28-22/h2-4,7,10,13,16,18H,5-6,8-9,11,26H2,1H3,(H,27,28)(H,29,31)/t18-/m0/s1. The van der Waals surface area contributed by atoms with Crippen molar-refractivity contribution in [3.05, 3.63) is 53.6 Å². The molecule has 1 fully saturated rings. The van der Waals surface area contributed by atoms with E-state index in [4.69, 9.17) is 10.5 Å². The molecule has 3 aromatic rings. The molecular formula is C23H25FN6O2. The molecule has 0 spiro atoms. The highest BCUT2D eigenvalue weighted by molar-refractivity contribution is 5.88. The zero-order valence-corrected chi connectivity index (χ0v) is 17.8. The molecule has 0 radical (unpaired) electrons. The Bertz CT molecular complexity index is 1160. The molecule has 0 saturated carbocycles. The number of nitrogens with two attached hydrogens (primary N) is 1. The number of ether oxygens (including phenoxy) is 1. The Hall–Kier alpha value is -3.48. The van der Waals surface area contributed by atoms with Crippen molar-refractivity contribution in [3.63, 3.8) is 0 Å². The van der Waals surface area contributed by atoms with Gasteiger partial charge in [-0.15, -0.1) is 0 Å². The summed E-state index contributed by atoms with van der Waals surface area (Å²) in [5.74, 6) is -0.468. The van der Waals surface area contributed by atoms with Crippen molar-refractivity contribution in [2.24, 2.45) is 5.73 Å². The Morgan fingerprint density at radius 3 is 2.91 bits per heavy atom. The number of H-pyrrole nitrogens is 1. The largest absolute Gasteiger partial charge is 0.453 e. The first kappa shape index (κ1) is 21.7. The fourth-order valence-corrected chi connectivity index (χ4v) is 3.88. The van der Waals surface area contributed by atoms with Gasteiger partial charge in [0.05, 0.1) is 17.0 Å². The number of carbonyl (C=O) groups excluding carboxylic acids is 1. The van der Waals surface area contributed by atoms with Gasteiger partial charge in [-0.25, -0.2) is 9.37 Å². The van der Waals surface area contributed by atoms with Crippen molar-refractivity contribution in [1.82, 2.24) is 20.2 Å². The molecule has 1 amide bonds. The highest BCUT2D eigenvalue weighted by Crippen LogP contribution is 2.32. The van der Waals surface area contributed by atoms with Crippen LogP contribution in [-0.2, 0) is 11.2 Å². The van der Waals surface area contributed by atoms with Crippen LogP contribution in [0.3, 0.4) is 0 Å². The molecule has 4 rings (SSSR count). The molecule has 1 atom stereocenters. The maximum Gasteiger partial charge on any atom is 0.237 e. The first-order valence-corrected chi connectivity index (χ1v) is 10.5. The van der Waals surface area contributed by atoms with Crippen LogP contribution >= 0.6 is 0 Å². The van der Waals surface area contributed by atoms with Crippen LogP contribution in [0.15, 0.2) is 36.7 Å². The minimum Gasteiger partial charge on any atom is -0.453 e. The van der Waals surface area contributed by atoms with Crippen molar-refractivity contribution in [2.45, 2.75) is 31.3 Å². The van der Waals surface area contributed by atoms with E-state index in [0.29, 0.717) is 27.9 Å². The predicted octanol–water partition coefficient (Wildman–Crippen LogP) is 2.45. The molecular weight excluding hydrogens is 411 g/mol. The third-order valence-corrected chi connectivity index (χ3v) is 5.73. The lowest BCUT2D eigenvalue weighted by Crippen LogP contribution is -2.49. The number of aromatic nitrogens is 2. The van der Waals surface area contributed by atoms with Crippen LogP contribution in [0.2, 0.25) is 0 Å². The quantitative estimate of drug-likeness (QED) is 0.546. The average Bonchev–Trinajstić information content (AvgIpc) is 3.21. The molecule has 166 valence electrons. The van der Waals surface area contributed by atoms with Crippen molar-refractivity contribution < 1.29 is 13.9 Å². The maximum atomic E-state index is 14.7. The van der Waals surface area contributed by atoms with Gasteiger partial charge in [-0.3, -0.25) is 4.79 Å². The summed E-state index contributed by atoms with van der Waals surface area (Å²) in [6.07, 6.45) is 5.05. The van der Waals surface area contributed by atoms with Gasteiger partial charge in [0.15, 0.2) is 11.6 Å². The van der Waals surface area contributed by atoms with E-state index in [0.717, 1.165) is 25.9 Å². The Morgan fingerprint density at radius 2 is 2.19 bits per heavy atom. The number of nitrogens with zero attached hydrogens (tertiary/aromatic N) is 3. The zero-order chi connectivity index (χ0) is 22.7. The number of piperidine rings is 1. The number of carbonyl (C=O) groups is 1. The van der Waals surface area contributed by atoms with Gasteiger partial charge >= 0.3 is 0 Å². The van der Waals surface area contributed by atoms with E-state index in [1.54, 1.807) is 12.1 Å². The summed E-state index contributed by atoms with van der Waals surface area (Å²) in [6.45, 7) is 1.88. The van der Waals surface area contributed by atoms with Crippen LogP contribution in [0.25, 0.3) is 11.0 Å². The fourth-order valence-electron chi connectivity index (χ4n) is 3.88. The third-order valence-electron chi connectivity index (χ3n) is 5.73. The number of pyridine rings is 1. The van der Waals surface area contributed by atoms with Crippen LogP contribution in [0.1, 0.15) is 24.0 Å². The minimum absolute atomic E-state index is 0.00990. The van der Waals surface area contributed by atoms with Gasteiger partial charge in [-0.2, -0.15) is 5.26 Å². The molecule has 0 bridgehead atoms. The number of nitrogens with one attached hydrogen (secondary N) is 2. The number of hydrogen-bond acceptors (Lipinski definition) is 6. The van der Waals surface area contributed by atoms with Gasteiger partial charge in [0.1, 0.15) is 17.5 Å². The number of aromatic amines is 1. The smallest absolute Gasteiger partial charge is 0.237 e. The first-order valence-electron chi connectivity index (χ1n) is 10.5. The fraction of sp³-hybridized carbons (Fsp3) is 0.348. The Kier molecular flexibility index (Phi) is 6.35. The minimum atomic E-state index is -0.765. The second-order valence-electron chi connectivity index (χ2n) is 8.11. The normalized spacial score (nSPS) is 15.9. The number of likely N-dealkylation sites (tertiary alicyclic amines) is 1. The van der Waals surface area contributed by atoms with E-state index in [2.05, 4.69) is 33.3 Å². The summed E-state index contributed by atoms with van der Waals surface area (Å²) in [7, 11) is 2.06. The van der Waals surface area contributed by atoms with Gasteiger partial charge in [0.2, 0.25) is 5.91 Å². The lowest BCUT2D eigenvalue weighted by molar-refractivity contribution is -0.123. The molecule has 9 heteroatoms. The van der Waals surface area contributed by atoms with Crippen LogP contribution in [0.4, 0.5) is 4.39 Å². The molecule has 0 unspecified atom stereocenters. The number of nitriles is 1. The Morgan fingerprint density at radius 1 is 1.41 bits per heavy atom. The highest BCUT2D eigenvalue weighted by Gasteiger charge is 2.22. The van der Waals surface area contributed by atoms with E-state index in [9.17, 15) is 14.4 Å². The first-order chi connectivity index (χ1) is 15.4. The molecule has 32 heavy (non-hydrogen) atoms. The monoisotopic (exact) mass is 436 g/mol. The molecule has 1 aliphatic heterocycles. The number of benzene rings is 1. The SMILES string of the molecule is CN1CCC(NC(=O)[C@@H](N)Cc2ccc(Oc3ccnc4[nH]cc(C#N)c34)c(F)c2)CC1. The van der Waals surface area contributed by atoms with Crippen molar-refractivity contribution in [2.75, 3.05) is 20.1 Å². The molecule has 1 saturated heterocycles. The molecule has 2 aromatic heterocycles. The summed E-state index contributed by atoms with van der Waals surface area (Å²) in [6, 6.07) is 7.50. The molecule has 8 nitrogen and oxygen atoms in total. The van der Waals surface area contributed by atoms with E-state index in [1.165, 1.54) is 24.5 Å². The number of amides is 1. The zero-order valence-electron chi connectivity index (χ0n) is 17.8. The van der Waals surface area contributed by atoms with E-state index in [1.807, 2.05) is 0 Å². The summed E-state index contributed by atoms with van der Waals surface area (Å²) in [5, 5.41) is 12.8. The van der Waals surface area contributed by atoms with Gasteiger partial charge in [-0.05, 0) is 63.2 Å². The number of rotatable bonds is 6. The van der Waals surface area contributed by atoms with Crippen LogP contribution in [0, 0.1) is 17.1 Å². The Balaban J connectivity index is 1.42. The predicted molar refractivity (Wildman–Crippen MR) is 118 cm³/mol. The molecule has 0 aliphatic carbocycles. The summed E-state index contributed by atoms with van der Waals surface area (Å²) in [4.78, 5) is 21.7. The second kappa shape index (κ2) is 9.34. The van der Waals surface area contributed by atoms with Crippen LogP contribution in [-0.4, -0.2) is 53.0 Å². The van der Waals surface area contributed by atoms with Gasteiger partial charge in [-0.1, -0.05) is 6.07 Å². The van der Waals surface area contributed by atoms with Crippen molar-refractivity contribution in [3.8, 4) is 17.6 Å².